The fourth-order valence-electron chi connectivity index (χ4n) is 1.55. The van der Waals surface area contributed by atoms with Gasteiger partial charge in [-0.2, -0.15) is 0 Å². The quantitative estimate of drug-likeness (QED) is 0.737. The molecule has 3 nitrogen and oxygen atoms in total. The van der Waals surface area contributed by atoms with E-state index in [2.05, 4.69) is 0 Å². The molecule has 0 aliphatic carbocycles. The number of methoxy groups -OCH3 is 1. The van der Waals surface area contributed by atoms with Crippen molar-refractivity contribution in [2.75, 3.05) is 7.11 Å². The maximum Gasteiger partial charge on any atom is 0.171 e. The number of hydrogen-bond acceptors (Lipinski definition) is 3. The van der Waals surface area contributed by atoms with Gasteiger partial charge in [0.15, 0.2) is 5.78 Å². The van der Waals surface area contributed by atoms with E-state index in [4.69, 9.17) is 9.15 Å². The number of carbonyl (C=O) groups is 1. The molecule has 0 saturated carbocycles. The minimum Gasteiger partial charge on any atom is -0.496 e. The maximum atomic E-state index is 12.0. The van der Waals surface area contributed by atoms with E-state index in [1.807, 2.05) is 12.1 Å². The molecule has 1 aromatic carbocycles. The van der Waals surface area contributed by atoms with Crippen LogP contribution in [0.2, 0.25) is 0 Å². The molecule has 82 valence electrons. The molecule has 0 unspecified atom stereocenters. The van der Waals surface area contributed by atoms with E-state index in [0.29, 0.717) is 17.7 Å². The van der Waals surface area contributed by atoms with Gasteiger partial charge in [-0.15, -0.1) is 0 Å². The number of rotatable bonds is 4. The minimum absolute atomic E-state index is 0.0267. The molecular formula is C13H12O3. The summed E-state index contributed by atoms with van der Waals surface area (Å²) in [7, 11) is 1.56. The second-order valence-electron chi connectivity index (χ2n) is 3.43. The molecule has 0 aliphatic rings. The zero-order valence-corrected chi connectivity index (χ0v) is 8.97. The highest BCUT2D eigenvalue weighted by Gasteiger charge is 2.12. The first-order valence-corrected chi connectivity index (χ1v) is 4.98. The second kappa shape index (κ2) is 4.66. The molecule has 0 fully saturated rings. The van der Waals surface area contributed by atoms with Crippen LogP contribution in [0.4, 0.5) is 0 Å². The van der Waals surface area contributed by atoms with Crippen molar-refractivity contribution in [2.24, 2.45) is 0 Å². The van der Waals surface area contributed by atoms with Crippen molar-refractivity contribution in [1.29, 1.82) is 0 Å². The number of furan rings is 1. The summed E-state index contributed by atoms with van der Waals surface area (Å²) in [6, 6.07) is 9.00. The van der Waals surface area contributed by atoms with Crippen molar-refractivity contribution < 1.29 is 13.9 Å². The van der Waals surface area contributed by atoms with Crippen molar-refractivity contribution in [3.63, 3.8) is 0 Å². The van der Waals surface area contributed by atoms with Crippen LogP contribution in [0.1, 0.15) is 15.9 Å². The van der Waals surface area contributed by atoms with Crippen LogP contribution >= 0.6 is 0 Å². The topological polar surface area (TPSA) is 39.4 Å². The van der Waals surface area contributed by atoms with Gasteiger partial charge in [-0.05, 0) is 23.8 Å². The Kier molecular flexibility index (Phi) is 3.05. The molecule has 3 heteroatoms. The van der Waals surface area contributed by atoms with Gasteiger partial charge in [0.2, 0.25) is 0 Å². The molecule has 0 amide bonds. The molecule has 0 atom stereocenters. The largest absolute Gasteiger partial charge is 0.496 e. The molecule has 1 aromatic heterocycles. The number of ether oxygens (including phenoxy) is 1. The Morgan fingerprint density at radius 2 is 2.12 bits per heavy atom. The molecule has 0 bridgehead atoms. The first kappa shape index (κ1) is 10.5. The van der Waals surface area contributed by atoms with Crippen molar-refractivity contribution in [2.45, 2.75) is 6.42 Å². The van der Waals surface area contributed by atoms with Crippen LogP contribution in [0.25, 0.3) is 0 Å². The standard InChI is InChI=1S/C13H12O3/c1-15-13-5-3-2-4-11(13)12(14)8-10-6-7-16-9-10/h2-7,9H,8H2,1H3. The van der Waals surface area contributed by atoms with Crippen molar-refractivity contribution in [1.82, 2.24) is 0 Å². The van der Waals surface area contributed by atoms with Gasteiger partial charge < -0.3 is 9.15 Å². The van der Waals surface area contributed by atoms with E-state index < -0.39 is 0 Å². The molecule has 16 heavy (non-hydrogen) atoms. The van der Waals surface area contributed by atoms with Crippen LogP contribution in [0.15, 0.2) is 47.3 Å². The summed E-state index contributed by atoms with van der Waals surface area (Å²) in [6.45, 7) is 0. The number of para-hydroxylation sites is 1. The average molecular weight is 216 g/mol. The third-order valence-electron chi connectivity index (χ3n) is 2.35. The van der Waals surface area contributed by atoms with E-state index in [0.717, 1.165) is 5.56 Å². The summed E-state index contributed by atoms with van der Waals surface area (Å²) in [5.74, 6) is 0.634. The first-order valence-electron chi connectivity index (χ1n) is 4.98. The highest BCUT2D eigenvalue weighted by molar-refractivity contribution is 5.99. The number of ketones is 1. The SMILES string of the molecule is COc1ccccc1C(=O)Cc1ccoc1. The Labute approximate surface area is 93.7 Å². The Morgan fingerprint density at radius 3 is 2.81 bits per heavy atom. The maximum absolute atomic E-state index is 12.0. The number of carbonyl (C=O) groups excluding carboxylic acids is 1. The van der Waals surface area contributed by atoms with Gasteiger partial charge in [-0.1, -0.05) is 12.1 Å². The molecule has 0 N–H and O–H groups in total. The van der Waals surface area contributed by atoms with Crippen LogP contribution in [-0.4, -0.2) is 12.9 Å². The van der Waals surface area contributed by atoms with Crippen LogP contribution in [0.3, 0.4) is 0 Å². The van der Waals surface area contributed by atoms with E-state index in [9.17, 15) is 4.79 Å². The average Bonchev–Trinajstić information content (AvgIpc) is 2.81. The summed E-state index contributed by atoms with van der Waals surface area (Å²) < 4.78 is 10.1. The Hall–Kier alpha value is -2.03. The third kappa shape index (κ3) is 2.14. The lowest BCUT2D eigenvalue weighted by atomic mass is 10.0. The molecule has 2 rings (SSSR count). The normalized spacial score (nSPS) is 10.1. The zero-order valence-electron chi connectivity index (χ0n) is 8.97. The first-order chi connectivity index (χ1) is 7.81. The third-order valence-corrected chi connectivity index (χ3v) is 2.35. The highest BCUT2D eigenvalue weighted by atomic mass is 16.5. The predicted molar refractivity (Wildman–Crippen MR) is 59.7 cm³/mol. The van der Waals surface area contributed by atoms with E-state index in [1.54, 1.807) is 37.8 Å². The van der Waals surface area contributed by atoms with Gasteiger partial charge in [-0.25, -0.2) is 0 Å². The Morgan fingerprint density at radius 1 is 1.31 bits per heavy atom. The van der Waals surface area contributed by atoms with Crippen LogP contribution in [-0.2, 0) is 6.42 Å². The van der Waals surface area contributed by atoms with Gasteiger partial charge in [-0.3, -0.25) is 4.79 Å². The second-order valence-corrected chi connectivity index (χ2v) is 3.43. The Balaban J connectivity index is 2.21. The van der Waals surface area contributed by atoms with Gasteiger partial charge in [0.25, 0.3) is 0 Å². The van der Waals surface area contributed by atoms with Gasteiger partial charge >= 0.3 is 0 Å². The van der Waals surface area contributed by atoms with Crippen LogP contribution in [0.5, 0.6) is 5.75 Å². The summed E-state index contributed by atoms with van der Waals surface area (Å²) in [5, 5.41) is 0. The van der Waals surface area contributed by atoms with E-state index in [1.165, 1.54) is 0 Å². The lowest BCUT2D eigenvalue weighted by Crippen LogP contribution is -2.04. The number of hydrogen-bond donors (Lipinski definition) is 0. The smallest absolute Gasteiger partial charge is 0.171 e. The van der Waals surface area contributed by atoms with Crippen LogP contribution in [0, 0.1) is 0 Å². The predicted octanol–water partition coefficient (Wildman–Crippen LogP) is 2.71. The summed E-state index contributed by atoms with van der Waals surface area (Å²) in [6.07, 6.45) is 3.47. The fraction of sp³-hybridized carbons (Fsp3) is 0.154. The van der Waals surface area contributed by atoms with Crippen LogP contribution < -0.4 is 4.74 Å². The lowest BCUT2D eigenvalue weighted by molar-refractivity contribution is 0.0990. The minimum atomic E-state index is 0.0267. The van der Waals surface area contributed by atoms with Crippen molar-refractivity contribution >= 4 is 5.78 Å². The fourth-order valence-corrected chi connectivity index (χ4v) is 1.55. The molecule has 0 aliphatic heterocycles. The van der Waals surface area contributed by atoms with Crippen molar-refractivity contribution in [3.8, 4) is 5.75 Å². The lowest BCUT2D eigenvalue weighted by Gasteiger charge is -2.05. The van der Waals surface area contributed by atoms with E-state index in [-0.39, 0.29) is 5.78 Å². The van der Waals surface area contributed by atoms with Gasteiger partial charge in [0, 0.05) is 6.42 Å². The monoisotopic (exact) mass is 216 g/mol. The Bertz CT molecular complexity index is 472. The number of Topliss-reactive ketones (excluding diaryl/α,β-unsaturated/α-hetero) is 1. The highest BCUT2D eigenvalue weighted by Crippen LogP contribution is 2.19. The molecule has 0 saturated heterocycles. The van der Waals surface area contributed by atoms with Gasteiger partial charge in [0.1, 0.15) is 5.75 Å². The van der Waals surface area contributed by atoms with E-state index >= 15 is 0 Å². The van der Waals surface area contributed by atoms with Gasteiger partial charge in [0.05, 0.1) is 25.2 Å². The zero-order chi connectivity index (χ0) is 11.4. The summed E-state index contributed by atoms with van der Waals surface area (Å²) in [5.41, 5.74) is 1.47. The summed E-state index contributed by atoms with van der Waals surface area (Å²) >= 11 is 0. The van der Waals surface area contributed by atoms with Crippen molar-refractivity contribution in [3.05, 3.63) is 54.0 Å². The number of benzene rings is 1. The summed E-state index contributed by atoms with van der Waals surface area (Å²) in [4.78, 5) is 12.0. The molecule has 2 aromatic rings. The molecule has 0 radical (unpaired) electrons. The molecular weight excluding hydrogens is 204 g/mol. The molecule has 1 heterocycles. The molecule has 0 spiro atoms.